The third-order valence-corrected chi connectivity index (χ3v) is 5.93. The minimum absolute atomic E-state index is 0.0152. The number of benzene rings is 3. The summed E-state index contributed by atoms with van der Waals surface area (Å²) in [5, 5.41) is 8.14. The van der Waals surface area contributed by atoms with E-state index in [1.54, 1.807) is 6.92 Å². The number of primary sulfonamides is 1. The van der Waals surface area contributed by atoms with Crippen LogP contribution in [-0.4, -0.2) is 14.3 Å². The molecule has 0 saturated heterocycles. The molecule has 0 aliphatic heterocycles. The van der Waals surface area contributed by atoms with Crippen molar-refractivity contribution < 1.29 is 13.2 Å². The van der Waals surface area contributed by atoms with Crippen molar-refractivity contribution in [3.63, 3.8) is 0 Å². The number of carbonyl (C=O) groups is 1. The third kappa shape index (κ3) is 5.10. The minimum Gasteiger partial charge on any atom is -0.326 e. The Labute approximate surface area is 171 Å². The number of nitrogens with two attached hydrogens (primary N) is 1. The third-order valence-electron chi connectivity index (χ3n) is 5.04. The van der Waals surface area contributed by atoms with Crippen LogP contribution in [0.1, 0.15) is 34.6 Å². The van der Waals surface area contributed by atoms with Gasteiger partial charge < -0.3 is 5.32 Å². The molecule has 150 valence electrons. The Balaban J connectivity index is 1.89. The van der Waals surface area contributed by atoms with Gasteiger partial charge in [-0.25, -0.2) is 13.6 Å². The number of nitrogens with one attached hydrogen (secondary N) is 1. The van der Waals surface area contributed by atoms with Crippen LogP contribution >= 0.6 is 0 Å². The first-order chi connectivity index (χ1) is 13.8. The van der Waals surface area contributed by atoms with E-state index >= 15 is 0 Å². The summed E-state index contributed by atoms with van der Waals surface area (Å²) >= 11 is 0. The molecule has 0 unspecified atom stereocenters. The van der Waals surface area contributed by atoms with Crippen LogP contribution in [0.5, 0.6) is 0 Å². The van der Waals surface area contributed by atoms with Gasteiger partial charge in [-0.1, -0.05) is 60.7 Å². The average molecular weight is 409 g/mol. The Hall–Kier alpha value is -2.96. The molecule has 0 atom stereocenters. The Bertz CT molecular complexity index is 1070. The first-order valence-electron chi connectivity index (χ1n) is 9.29. The van der Waals surface area contributed by atoms with Gasteiger partial charge in [-0.3, -0.25) is 4.79 Å². The smallest absolute Gasteiger partial charge is 0.238 e. The van der Waals surface area contributed by atoms with E-state index in [9.17, 15) is 13.2 Å². The molecule has 0 bridgehead atoms. The van der Waals surface area contributed by atoms with E-state index in [0.29, 0.717) is 5.69 Å². The van der Waals surface area contributed by atoms with E-state index in [1.165, 1.54) is 12.1 Å². The lowest BCUT2D eigenvalue weighted by atomic mass is 9.88. The van der Waals surface area contributed by atoms with E-state index < -0.39 is 10.0 Å². The fourth-order valence-electron chi connectivity index (χ4n) is 3.31. The lowest BCUT2D eigenvalue weighted by Crippen LogP contribution is -2.18. The molecule has 0 fully saturated rings. The number of carbonyl (C=O) groups excluding carboxylic acids is 1. The Morgan fingerprint density at radius 2 is 1.45 bits per heavy atom. The number of aryl methyl sites for hydroxylation is 1. The summed E-state index contributed by atoms with van der Waals surface area (Å²) in [6, 6.07) is 22.6. The van der Waals surface area contributed by atoms with Gasteiger partial charge in [-0.15, -0.1) is 0 Å². The van der Waals surface area contributed by atoms with Crippen LogP contribution in [-0.2, 0) is 14.8 Å². The topological polar surface area (TPSA) is 89.3 Å². The molecular formula is C23H24N2O3S. The molecule has 3 aromatic rings. The number of anilines is 1. The van der Waals surface area contributed by atoms with Gasteiger partial charge in [0.05, 0.1) is 4.90 Å². The van der Waals surface area contributed by atoms with Crippen molar-refractivity contribution in [1.82, 2.24) is 0 Å². The van der Waals surface area contributed by atoms with Crippen molar-refractivity contribution in [3.05, 3.63) is 95.1 Å². The van der Waals surface area contributed by atoms with Crippen molar-refractivity contribution in [2.75, 3.05) is 5.32 Å². The highest BCUT2D eigenvalue weighted by molar-refractivity contribution is 7.89. The van der Waals surface area contributed by atoms with Gasteiger partial charge in [0.15, 0.2) is 0 Å². The van der Waals surface area contributed by atoms with Crippen molar-refractivity contribution in [1.29, 1.82) is 0 Å². The maximum Gasteiger partial charge on any atom is 0.238 e. The molecule has 0 radical (unpaired) electrons. The number of hydrogen-bond donors (Lipinski definition) is 2. The van der Waals surface area contributed by atoms with Gasteiger partial charge in [0.25, 0.3) is 0 Å². The average Bonchev–Trinajstić information content (AvgIpc) is 2.70. The predicted octanol–water partition coefficient (Wildman–Crippen LogP) is 4.11. The molecule has 29 heavy (non-hydrogen) atoms. The number of rotatable bonds is 6. The number of amides is 1. The van der Waals surface area contributed by atoms with Crippen LogP contribution in [0.15, 0.2) is 77.7 Å². The summed E-state index contributed by atoms with van der Waals surface area (Å²) < 4.78 is 23.5. The monoisotopic (exact) mass is 408 g/mol. The Morgan fingerprint density at radius 1 is 0.931 bits per heavy atom. The molecule has 0 heterocycles. The van der Waals surface area contributed by atoms with Gasteiger partial charge in [-0.05, 0) is 48.2 Å². The lowest BCUT2D eigenvalue weighted by molar-refractivity contribution is -0.116. The zero-order valence-corrected chi connectivity index (χ0v) is 17.2. The SMILES string of the molecule is Cc1cc(S(N)(=O)=O)cc(NC(=O)CC(c2ccccc2)c2ccccc2)c1C. The predicted molar refractivity (Wildman–Crippen MR) is 115 cm³/mol. The van der Waals surface area contributed by atoms with Gasteiger partial charge in [0.2, 0.25) is 15.9 Å². The second-order valence-electron chi connectivity index (χ2n) is 7.08. The second kappa shape index (κ2) is 8.59. The fourth-order valence-corrected chi connectivity index (χ4v) is 3.93. The maximum absolute atomic E-state index is 12.9. The lowest BCUT2D eigenvalue weighted by Gasteiger charge is -2.19. The molecule has 3 N–H and O–H groups in total. The molecule has 5 nitrogen and oxygen atoms in total. The molecule has 3 rings (SSSR count). The van der Waals surface area contributed by atoms with Crippen molar-refractivity contribution in [2.24, 2.45) is 5.14 Å². The summed E-state index contributed by atoms with van der Waals surface area (Å²) in [6.45, 7) is 3.63. The van der Waals surface area contributed by atoms with E-state index in [-0.39, 0.29) is 23.1 Å². The van der Waals surface area contributed by atoms with Gasteiger partial charge in [0.1, 0.15) is 0 Å². The first-order valence-corrected chi connectivity index (χ1v) is 10.8. The molecule has 1 amide bonds. The van der Waals surface area contributed by atoms with Crippen LogP contribution in [0.25, 0.3) is 0 Å². The maximum atomic E-state index is 12.9. The van der Waals surface area contributed by atoms with Crippen LogP contribution in [0.2, 0.25) is 0 Å². The summed E-state index contributed by atoms with van der Waals surface area (Å²) in [5.74, 6) is -0.308. The highest BCUT2D eigenvalue weighted by Crippen LogP contribution is 2.29. The van der Waals surface area contributed by atoms with Crippen LogP contribution in [0.4, 0.5) is 5.69 Å². The van der Waals surface area contributed by atoms with Gasteiger partial charge in [-0.2, -0.15) is 0 Å². The normalized spacial score (nSPS) is 11.4. The van der Waals surface area contributed by atoms with Crippen molar-refractivity contribution >= 4 is 21.6 Å². The molecule has 0 aliphatic rings. The van der Waals surface area contributed by atoms with Gasteiger partial charge >= 0.3 is 0 Å². The molecule has 3 aromatic carbocycles. The Kier molecular flexibility index (Phi) is 6.15. The number of hydrogen-bond acceptors (Lipinski definition) is 3. The van der Waals surface area contributed by atoms with Crippen LogP contribution in [0, 0.1) is 13.8 Å². The summed E-state index contributed by atoms with van der Waals surface area (Å²) in [7, 11) is -3.86. The van der Waals surface area contributed by atoms with E-state index in [4.69, 9.17) is 5.14 Å². The van der Waals surface area contributed by atoms with Crippen LogP contribution < -0.4 is 10.5 Å². The van der Waals surface area contributed by atoms with Gasteiger partial charge in [0, 0.05) is 18.0 Å². The first kappa shape index (κ1) is 20.8. The minimum atomic E-state index is -3.86. The Morgan fingerprint density at radius 3 is 1.93 bits per heavy atom. The van der Waals surface area contributed by atoms with E-state index in [0.717, 1.165) is 22.3 Å². The molecule has 0 spiro atoms. The van der Waals surface area contributed by atoms with Crippen molar-refractivity contribution in [2.45, 2.75) is 31.1 Å². The van der Waals surface area contributed by atoms with E-state index in [1.807, 2.05) is 67.6 Å². The fraction of sp³-hybridized carbons (Fsp3) is 0.174. The summed E-state index contributed by atoms with van der Waals surface area (Å²) in [5.41, 5.74) is 4.09. The molecule has 0 aliphatic carbocycles. The quantitative estimate of drug-likeness (QED) is 0.643. The van der Waals surface area contributed by atoms with E-state index in [2.05, 4.69) is 5.32 Å². The summed E-state index contributed by atoms with van der Waals surface area (Å²) in [6.07, 6.45) is 0.228. The molecule has 6 heteroatoms. The number of sulfonamides is 1. The largest absolute Gasteiger partial charge is 0.326 e. The second-order valence-corrected chi connectivity index (χ2v) is 8.65. The van der Waals surface area contributed by atoms with Crippen LogP contribution in [0.3, 0.4) is 0 Å². The molecule has 0 aromatic heterocycles. The van der Waals surface area contributed by atoms with Crippen molar-refractivity contribution in [3.8, 4) is 0 Å². The summed E-state index contributed by atoms with van der Waals surface area (Å²) in [4.78, 5) is 12.9. The zero-order valence-electron chi connectivity index (χ0n) is 16.4. The zero-order chi connectivity index (χ0) is 21.0. The molecular weight excluding hydrogens is 384 g/mol. The molecule has 0 saturated carbocycles. The highest BCUT2D eigenvalue weighted by Gasteiger charge is 2.20. The standard InChI is InChI=1S/C23H24N2O3S/c1-16-13-20(29(24,27)28)14-22(17(16)2)25-23(26)15-21(18-9-5-3-6-10-18)19-11-7-4-8-12-19/h3-14,21H,15H2,1-2H3,(H,25,26)(H2,24,27,28). The highest BCUT2D eigenvalue weighted by atomic mass is 32.2.